The Bertz CT molecular complexity index is 1140. The van der Waals surface area contributed by atoms with E-state index < -0.39 is 35.4 Å². The van der Waals surface area contributed by atoms with Crippen molar-refractivity contribution in [2.45, 2.75) is 6.92 Å². The topological polar surface area (TPSA) is 102 Å². The van der Waals surface area contributed by atoms with Crippen LogP contribution in [-0.2, 0) is 19.1 Å². The van der Waals surface area contributed by atoms with Crippen LogP contribution in [0, 0.1) is 5.82 Å². The number of imide groups is 1. The minimum atomic E-state index is -0.630. The number of ether oxygens (including phenoxy) is 2. The number of nitrogens with zero attached hydrogens (tertiary/aromatic N) is 1. The third kappa shape index (κ3) is 6.65. The zero-order chi connectivity index (χ0) is 24.0. The third-order valence-electron chi connectivity index (χ3n) is 4.19. The minimum Gasteiger partial charge on any atom is -0.481 e. The van der Waals surface area contributed by atoms with Gasteiger partial charge in [0.05, 0.1) is 16.0 Å². The zero-order valence-corrected chi connectivity index (χ0v) is 19.7. The number of halogens is 2. The molecule has 0 atom stereocenters. The smallest absolute Gasteiger partial charge is 0.344 e. The molecular weight excluding hydrogens is 519 g/mol. The minimum absolute atomic E-state index is 0.144. The molecule has 8 nitrogen and oxygen atoms in total. The molecule has 3 rings (SSSR count). The molecule has 1 heterocycles. The fraction of sp³-hybridized carbons (Fsp3) is 0.182. The average molecular weight is 537 g/mol. The number of rotatable bonds is 8. The van der Waals surface area contributed by atoms with Crippen molar-refractivity contribution >= 4 is 62.5 Å². The summed E-state index contributed by atoms with van der Waals surface area (Å²) in [4.78, 5) is 49.5. The number of carbonyl (C=O) groups is 4. The molecule has 3 amide bonds. The summed E-state index contributed by atoms with van der Waals surface area (Å²) in [6.45, 7) is 1.20. The van der Waals surface area contributed by atoms with Gasteiger partial charge in [-0.25, -0.2) is 9.18 Å². The molecule has 2 aromatic carbocycles. The molecule has 11 heteroatoms. The number of nitrogens with one attached hydrogen (secondary N) is 1. The van der Waals surface area contributed by atoms with E-state index in [0.29, 0.717) is 27.5 Å². The summed E-state index contributed by atoms with van der Waals surface area (Å²) >= 11 is 4.05. The molecule has 0 saturated carbocycles. The number of anilines is 1. The van der Waals surface area contributed by atoms with E-state index in [4.69, 9.17) is 9.47 Å². The van der Waals surface area contributed by atoms with Gasteiger partial charge in [0.1, 0.15) is 18.1 Å². The highest BCUT2D eigenvalue weighted by molar-refractivity contribution is 9.10. The summed E-state index contributed by atoms with van der Waals surface area (Å²) < 4.78 is 24.0. The number of hydrogen-bond acceptors (Lipinski definition) is 7. The van der Waals surface area contributed by atoms with Crippen molar-refractivity contribution in [3.05, 3.63) is 63.2 Å². The normalized spacial score (nSPS) is 14.5. The first-order valence-corrected chi connectivity index (χ1v) is 11.3. The second-order valence-electron chi connectivity index (χ2n) is 6.61. The predicted molar refractivity (Wildman–Crippen MR) is 124 cm³/mol. The molecule has 1 saturated heterocycles. The second kappa shape index (κ2) is 11.1. The molecule has 0 bridgehead atoms. The molecule has 2 aromatic rings. The number of esters is 1. The Morgan fingerprint density at radius 3 is 2.70 bits per heavy atom. The highest BCUT2D eigenvalue weighted by Crippen LogP contribution is 2.34. The monoisotopic (exact) mass is 536 g/mol. The number of hydrogen-bond donors (Lipinski definition) is 1. The van der Waals surface area contributed by atoms with Gasteiger partial charge in [-0.05, 0) is 76.6 Å². The van der Waals surface area contributed by atoms with Gasteiger partial charge in [-0.3, -0.25) is 19.3 Å². The van der Waals surface area contributed by atoms with Crippen molar-refractivity contribution in [2.24, 2.45) is 0 Å². The van der Waals surface area contributed by atoms with Crippen molar-refractivity contribution in [3.8, 4) is 5.75 Å². The summed E-state index contributed by atoms with van der Waals surface area (Å²) in [6.07, 6.45) is 1.51. The Morgan fingerprint density at radius 1 is 1.21 bits per heavy atom. The van der Waals surface area contributed by atoms with E-state index in [2.05, 4.69) is 21.2 Å². The first-order valence-electron chi connectivity index (χ1n) is 9.65. The largest absolute Gasteiger partial charge is 0.481 e. The van der Waals surface area contributed by atoms with E-state index in [1.165, 1.54) is 24.3 Å². The van der Waals surface area contributed by atoms with E-state index in [9.17, 15) is 23.6 Å². The maximum atomic E-state index is 13.3. The molecule has 0 aliphatic carbocycles. The van der Waals surface area contributed by atoms with Crippen LogP contribution in [0.25, 0.3) is 6.08 Å². The van der Waals surface area contributed by atoms with Crippen LogP contribution in [0.15, 0.2) is 51.8 Å². The van der Waals surface area contributed by atoms with Gasteiger partial charge in [0.2, 0.25) is 5.91 Å². The number of carbonyl (C=O) groups excluding carboxylic acids is 4. The summed E-state index contributed by atoms with van der Waals surface area (Å²) in [5.41, 5.74) is 0.817. The molecule has 1 aliphatic heterocycles. The standard InChI is InChI=1S/C22H18BrFN2O6S/c1-2-31-20(28)12-32-17-7-6-13(8-16(17)23)9-18-21(29)26(22(30)33-18)11-19(27)25-15-5-3-4-14(24)10-15/h3-10H,2,11-12H2,1H3,(H,25,27)/b18-9+. The zero-order valence-electron chi connectivity index (χ0n) is 17.3. The lowest BCUT2D eigenvalue weighted by Crippen LogP contribution is -2.36. The van der Waals surface area contributed by atoms with Gasteiger partial charge >= 0.3 is 5.97 Å². The van der Waals surface area contributed by atoms with Crippen LogP contribution >= 0.6 is 27.7 Å². The first-order chi connectivity index (χ1) is 15.8. The first kappa shape index (κ1) is 24.5. The fourth-order valence-electron chi connectivity index (χ4n) is 2.76. The van der Waals surface area contributed by atoms with Gasteiger partial charge in [-0.1, -0.05) is 12.1 Å². The summed E-state index contributed by atoms with van der Waals surface area (Å²) in [5.74, 6) is -1.86. The molecule has 1 N–H and O–H groups in total. The van der Waals surface area contributed by atoms with Gasteiger partial charge in [0.15, 0.2) is 6.61 Å². The van der Waals surface area contributed by atoms with E-state index in [0.717, 1.165) is 11.0 Å². The van der Waals surface area contributed by atoms with Crippen LogP contribution < -0.4 is 10.1 Å². The molecule has 0 unspecified atom stereocenters. The van der Waals surface area contributed by atoms with E-state index in [1.54, 1.807) is 25.1 Å². The number of amides is 3. The summed E-state index contributed by atoms with van der Waals surface area (Å²) in [5, 5.41) is 1.86. The third-order valence-corrected chi connectivity index (χ3v) is 5.72. The quantitative estimate of drug-likeness (QED) is 0.398. The number of benzene rings is 2. The van der Waals surface area contributed by atoms with Crippen LogP contribution in [-0.4, -0.2) is 47.7 Å². The number of thioether (sulfide) groups is 1. The molecule has 1 fully saturated rings. The van der Waals surface area contributed by atoms with Crippen LogP contribution in [0.5, 0.6) is 5.75 Å². The van der Waals surface area contributed by atoms with Gasteiger partial charge in [-0.2, -0.15) is 0 Å². The Kier molecular flexibility index (Phi) is 8.23. The maximum Gasteiger partial charge on any atom is 0.344 e. The Morgan fingerprint density at radius 2 is 2.00 bits per heavy atom. The lowest BCUT2D eigenvalue weighted by Gasteiger charge is -2.12. The Balaban J connectivity index is 1.64. The second-order valence-corrected chi connectivity index (χ2v) is 8.46. The molecular formula is C22H18BrFN2O6S. The predicted octanol–water partition coefficient (Wildman–Crippen LogP) is 4.21. The van der Waals surface area contributed by atoms with Gasteiger partial charge in [-0.15, -0.1) is 0 Å². The van der Waals surface area contributed by atoms with E-state index in [-0.39, 0.29) is 23.8 Å². The maximum absolute atomic E-state index is 13.3. The summed E-state index contributed by atoms with van der Waals surface area (Å²) in [6, 6.07) is 10.2. The van der Waals surface area contributed by atoms with Crippen molar-refractivity contribution in [2.75, 3.05) is 25.1 Å². The summed E-state index contributed by atoms with van der Waals surface area (Å²) in [7, 11) is 0. The van der Waals surface area contributed by atoms with Gasteiger partial charge in [0.25, 0.3) is 11.1 Å². The molecule has 0 spiro atoms. The van der Waals surface area contributed by atoms with Crippen molar-refractivity contribution in [1.29, 1.82) is 0 Å². The molecule has 0 radical (unpaired) electrons. The van der Waals surface area contributed by atoms with Crippen LogP contribution in [0.1, 0.15) is 12.5 Å². The van der Waals surface area contributed by atoms with Crippen molar-refractivity contribution in [1.82, 2.24) is 4.90 Å². The lowest BCUT2D eigenvalue weighted by atomic mass is 10.2. The molecule has 33 heavy (non-hydrogen) atoms. The van der Waals surface area contributed by atoms with Crippen LogP contribution in [0.4, 0.5) is 14.9 Å². The molecule has 172 valence electrons. The average Bonchev–Trinajstić information content (AvgIpc) is 3.00. The highest BCUT2D eigenvalue weighted by atomic mass is 79.9. The van der Waals surface area contributed by atoms with E-state index >= 15 is 0 Å². The Labute approximate surface area is 201 Å². The van der Waals surface area contributed by atoms with Gasteiger partial charge in [0, 0.05) is 5.69 Å². The molecule has 1 aliphatic rings. The van der Waals surface area contributed by atoms with Gasteiger partial charge < -0.3 is 14.8 Å². The van der Waals surface area contributed by atoms with Crippen molar-refractivity contribution in [3.63, 3.8) is 0 Å². The van der Waals surface area contributed by atoms with Crippen LogP contribution in [0.3, 0.4) is 0 Å². The van der Waals surface area contributed by atoms with E-state index in [1.807, 2.05) is 0 Å². The van der Waals surface area contributed by atoms with Crippen LogP contribution in [0.2, 0.25) is 0 Å². The lowest BCUT2D eigenvalue weighted by molar-refractivity contribution is -0.145. The fourth-order valence-corrected chi connectivity index (χ4v) is 4.11. The highest BCUT2D eigenvalue weighted by Gasteiger charge is 2.36. The SMILES string of the molecule is CCOC(=O)COc1ccc(/C=C2/SC(=O)N(CC(=O)Nc3cccc(F)c3)C2=O)cc1Br. The van der Waals surface area contributed by atoms with Crippen molar-refractivity contribution < 1.29 is 33.0 Å². The molecule has 0 aromatic heterocycles. The Hall–Kier alpha value is -3.18.